The van der Waals surface area contributed by atoms with E-state index in [-0.39, 0.29) is 0 Å². The van der Waals surface area contributed by atoms with Gasteiger partial charge in [-0.1, -0.05) is 22.9 Å². The van der Waals surface area contributed by atoms with Gasteiger partial charge in [-0.3, -0.25) is 0 Å². The molecule has 0 spiro atoms. The number of rotatable bonds is 3. The van der Waals surface area contributed by atoms with Gasteiger partial charge < -0.3 is 4.52 Å². The molecule has 0 aliphatic carbocycles. The lowest BCUT2D eigenvalue weighted by atomic mass is 10.5. The van der Waals surface area contributed by atoms with E-state index >= 15 is 0 Å². The van der Waals surface area contributed by atoms with Crippen molar-refractivity contribution in [2.75, 3.05) is 13.3 Å². The summed E-state index contributed by atoms with van der Waals surface area (Å²) in [5.74, 6) is 0. The molecule has 0 saturated carbocycles. The normalized spacial score (nSPS) is 15.9. The monoisotopic (exact) mass is 184 g/mol. The molecule has 0 amide bonds. The van der Waals surface area contributed by atoms with E-state index < -0.39 is 0 Å². The summed E-state index contributed by atoms with van der Waals surface area (Å²) in [6.07, 6.45) is 0. The van der Waals surface area contributed by atoms with Crippen LogP contribution >= 0.6 is 24.7 Å². The van der Waals surface area contributed by atoms with Crippen LogP contribution < -0.4 is 0 Å². The highest BCUT2D eigenvalue weighted by molar-refractivity contribution is 9.09. The number of halogens is 1. The third kappa shape index (κ3) is 6.87. The molecule has 0 aliphatic heterocycles. The summed E-state index contributed by atoms with van der Waals surface area (Å²) in [5, 5.41) is 0. The summed E-state index contributed by atoms with van der Waals surface area (Å²) < 4.78 is 5.08. The average molecular weight is 185 g/mol. The maximum absolute atomic E-state index is 5.08. The Labute approximate surface area is 54.8 Å². The van der Waals surface area contributed by atoms with E-state index in [9.17, 15) is 0 Å². The van der Waals surface area contributed by atoms with Crippen LogP contribution in [0.1, 0.15) is 6.92 Å². The van der Waals surface area contributed by atoms with Crippen molar-refractivity contribution in [2.45, 2.75) is 11.8 Å². The van der Waals surface area contributed by atoms with Crippen LogP contribution in [0.15, 0.2) is 0 Å². The first-order valence-electron chi connectivity index (χ1n) is 2.20. The van der Waals surface area contributed by atoms with E-state index in [1.54, 1.807) is 0 Å². The Kier molecular flexibility index (Phi) is 5.64. The van der Waals surface area contributed by atoms with Gasteiger partial charge in [0.05, 0.1) is 6.61 Å². The summed E-state index contributed by atoms with van der Waals surface area (Å²) in [7, 11) is 0.621. The first kappa shape index (κ1) is 7.87. The molecule has 0 aromatic heterocycles. The molecule has 1 nitrogen and oxygen atoms in total. The fourth-order valence-corrected chi connectivity index (χ4v) is 0.991. The SMILES string of the molecule is CPOCC(C)Br. The fourth-order valence-electron chi connectivity index (χ4n) is 0.198. The number of alkyl halides is 1. The zero-order valence-electron chi connectivity index (χ0n) is 4.57. The van der Waals surface area contributed by atoms with Gasteiger partial charge in [-0.05, 0) is 6.66 Å². The molecule has 0 aliphatic rings. The van der Waals surface area contributed by atoms with E-state index in [0.29, 0.717) is 13.6 Å². The van der Waals surface area contributed by atoms with E-state index in [1.807, 2.05) is 6.66 Å². The first-order chi connectivity index (χ1) is 3.27. The average Bonchev–Trinajstić information content (AvgIpc) is 1.61. The van der Waals surface area contributed by atoms with Crippen LogP contribution in [0.3, 0.4) is 0 Å². The molecule has 7 heavy (non-hydrogen) atoms. The predicted molar refractivity (Wildman–Crippen MR) is 38.6 cm³/mol. The maximum atomic E-state index is 5.08. The van der Waals surface area contributed by atoms with Crippen LogP contribution in [0.4, 0.5) is 0 Å². The second-order valence-corrected chi connectivity index (χ2v) is 3.56. The van der Waals surface area contributed by atoms with Crippen LogP contribution in [0.25, 0.3) is 0 Å². The van der Waals surface area contributed by atoms with Gasteiger partial charge in [-0.15, -0.1) is 0 Å². The number of hydrogen-bond donors (Lipinski definition) is 0. The topological polar surface area (TPSA) is 9.23 Å². The quantitative estimate of drug-likeness (QED) is 0.482. The molecule has 0 N–H and O–H groups in total. The lowest BCUT2D eigenvalue weighted by molar-refractivity contribution is 0.372. The summed E-state index contributed by atoms with van der Waals surface area (Å²) >= 11 is 3.35. The highest BCUT2D eigenvalue weighted by Crippen LogP contribution is 2.07. The predicted octanol–water partition coefficient (Wildman–Crippen LogP) is 2.01. The second kappa shape index (κ2) is 5.02. The molecule has 0 saturated heterocycles. The van der Waals surface area contributed by atoms with Crippen LogP contribution in [0, 0.1) is 0 Å². The van der Waals surface area contributed by atoms with Crippen molar-refractivity contribution in [1.29, 1.82) is 0 Å². The van der Waals surface area contributed by atoms with Crippen LogP contribution in [-0.4, -0.2) is 18.1 Å². The van der Waals surface area contributed by atoms with E-state index in [0.717, 1.165) is 6.61 Å². The van der Waals surface area contributed by atoms with Crippen LogP contribution in [-0.2, 0) is 4.52 Å². The molecule has 0 fully saturated rings. The highest BCUT2D eigenvalue weighted by atomic mass is 79.9. The first-order valence-corrected chi connectivity index (χ1v) is 4.52. The fraction of sp³-hybridized carbons (Fsp3) is 1.00. The minimum absolute atomic E-state index is 0.500. The lowest BCUT2D eigenvalue weighted by Crippen LogP contribution is -1.96. The molecule has 2 atom stereocenters. The zero-order valence-corrected chi connectivity index (χ0v) is 7.16. The third-order valence-corrected chi connectivity index (χ3v) is 1.18. The summed E-state index contributed by atoms with van der Waals surface area (Å²) in [6.45, 7) is 4.92. The Balaban J connectivity index is 2.68. The van der Waals surface area contributed by atoms with E-state index in [2.05, 4.69) is 22.9 Å². The molecule has 0 bridgehead atoms. The minimum Gasteiger partial charge on any atom is -0.362 e. The standard InChI is InChI=1S/C4H10BrOP/c1-4(5)3-6-7-2/h4,7H,3H2,1-2H3. The molecule has 2 unspecified atom stereocenters. The van der Waals surface area contributed by atoms with Gasteiger partial charge in [0.15, 0.2) is 0 Å². The van der Waals surface area contributed by atoms with Gasteiger partial charge >= 0.3 is 0 Å². The van der Waals surface area contributed by atoms with Gasteiger partial charge in [0, 0.05) is 13.6 Å². The molecule has 3 heteroatoms. The third-order valence-electron chi connectivity index (χ3n) is 0.457. The van der Waals surface area contributed by atoms with Gasteiger partial charge in [0.25, 0.3) is 0 Å². The Morgan fingerprint density at radius 3 is 2.57 bits per heavy atom. The molecular weight excluding hydrogens is 175 g/mol. The Hall–Kier alpha value is 0.870. The molecule has 0 rings (SSSR count). The molecule has 0 radical (unpaired) electrons. The van der Waals surface area contributed by atoms with Crippen molar-refractivity contribution in [3.8, 4) is 0 Å². The van der Waals surface area contributed by atoms with Crippen molar-refractivity contribution in [3.05, 3.63) is 0 Å². The molecule has 44 valence electrons. The smallest absolute Gasteiger partial charge is 0.0627 e. The number of hydrogen-bond acceptors (Lipinski definition) is 1. The van der Waals surface area contributed by atoms with Crippen LogP contribution in [0.2, 0.25) is 0 Å². The Morgan fingerprint density at radius 1 is 1.86 bits per heavy atom. The van der Waals surface area contributed by atoms with Crippen molar-refractivity contribution < 1.29 is 4.52 Å². The highest BCUT2D eigenvalue weighted by Gasteiger charge is 1.90. The summed E-state index contributed by atoms with van der Waals surface area (Å²) in [6, 6.07) is 0. The van der Waals surface area contributed by atoms with Crippen molar-refractivity contribution >= 4 is 24.7 Å². The maximum Gasteiger partial charge on any atom is 0.0627 e. The van der Waals surface area contributed by atoms with Gasteiger partial charge in [0.2, 0.25) is 0 Å². The molecular formula is C4H10BrOP. The van der Waals surface area contributed by atoms with Crippen LogP contribution in [0.5, 0.6) is 0 Å². The minimum atomic E-state index is 0.500. The van der Waals surface area contributed by atoms with Crippen molar-refractivity contribution in [1.82, 2.24) is 0 Å². The van der Waals surface area contributed by atoms with Gasteiger partial charge in [-0.2, -0.15) is 0 Å². The Morgan fingerprint density at radius 2 is 2.43 bits per heavy atom. The van der Waals surface area contributed by atoms with Gasteiger partial charge in [-0.25, -0.2) is 0 Å². The van der Waals surface area contributed by atoms with E-state index in [1.165, 1.54) is 0 Å². The van der Waals surface area contributed by atoms with E-state index in [4.69, 9.17) is 4.52 Å². The zero-order chi connectivity index (χ0) is 5.70. The molecule has 0 heterocycles. The molecule has 0 aromatic carbocycles. The second-order valence-electron chi connectivity index (χ2n) is 1.30. The van der Waals surface area contributed by atoms with Crippen molar-refractivity contribution in [2.24, 2.45) is 0 Å². The largest absolute Gasteiger partial charge is 0.362 e. The summed E-state index contributed by atoms with van der Waals surface area (Å²) in [5.41, 5.74) is 0. The summed E-state index contributed by atoms with van der Waals surface area (Å²) in [4.78, 5) is 0.500. The molecule has 0 aromatic rings. The van der Waals surface area contributed by atoms with Crippen molar-refractivity contribution in [3.63, 3.8) is 0 Å². The Bertz CT molecular complexity index is 40.7. The lowest BCUT2D eigenvalue weighted by Gasteiger charge is -1.99. The van der Waals surface area contributed by atoms with Gasteiger partial charge in [0.1, 0.15) is 0 Å².